The average Bonchev–Trinajstić information content (AvgIpc) is 2.82. The number of hydrogen-bond acceptors (Lipinski definition) is 5. The lowest BCUT2D eigenvalue weighted by molar-refractivity contribution is -0.134. The molecule has 2 aromatic rings. The van der Waals surface area contributed by atoms with Gasteiger partial charge in [-0.2, -0.15) is 0 Å². The summed E-state index contributed by atoms with van der Waals surface area (Å²) in [6, 6.07) is 7.80. The molecular formula is C27H40N2O3. The first-order valence-corrected chi connectivity index (χ1v) is 12.4. The van der Waals surface area contributed by atoms with Gasteiger partial charge in [0.1, 0.15) is 5.75 Å². The molecule has 1 unspecified atom stereocenters. The summed E-state index contributed by atoms with van der Waals surface area (Å²) in [7, 11) is 0. The largest absolute Gasteiger partial charge is 0.494 e. The summed E-state index contributed by atoms with van der Waals surface area (Å²) >= 11 is 0. The highest BCUT2D eigenvalue weighted by Crippen LogP contribution is 2.21. The molecule has 0 bridgehead atoms. The molecule has 0 N–H and O–H groups in total. The van der Waals surface area contributed by atoms with Crippen LogP contribution in [0.25, 0.3) is 11.4 Å². The third kappa shape index (κ3) is 10.3. The van der Waals surface area contributed by atoms with Crippen LogP contribution < -0.4 is 9.47 Å². The van der Waals surface area contributed by atoms with Gasteiger partial charge < -0.3 is 9.47 Å². The molecule has 0 aliphatic carbocycles. The lowest BCUT2D eigenvalue weighted by Crippen LogP contribution is -2.08. The minimum atomic E-state index is -0.225. The number of aromatic nitrogens is 2. The summed E-state index contributed by atoms with van der Waals surface area (Å²) in [4.78, 5) is 20.7. The van der Waals surface area contributed by atoms with Crippen LogP contribution in [0.15, 0.2) is 36.7 Å². The van der Waals surface area contributed by atoms with Gasteiger partial charge in [-0.15, -0.1) is 0 Å². The molecule has 0 saturated carbocycles. The molecule has 5 nitrogen and oxygen atoms in total. The Bertz CT molecular complexity index is 759. The minimum Gasteiger partial charge on any atom is -0.494 e. The summed E-state index contributed by atoms with van der Waals surface area (Å²) < 4.78 is 11.2. The fourth-order valence-electron chi connectivity index (χ4n) is 3.44. The Morgan fingerprint density at radius 3 is 2.25 bits per heavy atom. The molecule has 1 atom stereocenters. The van der Waals surface area contributed by atoms with Gasteiger partial charge in [-0.3, -0.25) is 4.79 Å². The second-order valence-corrected chi connectivity index (χ2v) is 8.62. The first-order valence-electron chi connectivity index (χ1n) is 12.4. The van der Waals surface area contributed by atoms with Gasteiger partial charge in [-0.1, -0.05) is 72.1 Å². The van der Waals surface area contributed by atoms with E-state index in [1.807, 2.05) is 24.3 Å². The molecule has 0 amide bonds. The second-order valence-electron chi connectivity index (χ2n) is 8.62. The van der Waals surface area contributed by atoms with Crippen molar-refractivity contribution in [3.05, 3.63) is 36.7 Å². The molecule has 32 heavy (non-hydrogen) atoms. The second kappa shape index (κ2) is 15.4. The van der Waals surface area contributed by atoms with E-state index in [2.05, 4.69) is 30.7 Å². The third-order valence-corrected chi connectivity index (χ3v) is 5.76. The summed E-state index contributed by atoms with van der Waals surface area (Å²) in [5.41, 5.74) is 0.903. The fourth-order valence-corrected chi connectivity index (χ4v) is 3.44. The van der Waals surface area contributed by atoms with E-state index in [4.69, 9.17) is 9.47 Å². The molecule has 0 fully saturated rings. The maximum Gasteiger partial charge on any atom is 0.311 e. The van der Waals surface area contributed by atoms with Crippen molar-refractivity contribution in [1.29, 1.82) is 0 Å². The molecule has 2 rings (SSSR count). The number of benzene rings is 1. The summed E-state index contributed by atoms with van der Waals surface area (Å²) in [6.07, 6.45) is 15.3. The van der Waals surface area contributed by atoms with Crippen LogP contribution in [0.3, 0.4) is 0 Å². The van der Waals surface area contributed by atoms with Crippen molar-refractivity contribution in [2.75, 3.05) is 6.61 Å². The molecule has 1 heterocycles. The summed E-state index contributed by atoms with van der Waals surface area (Å²) in [5, 5.41) is 0. The SMILES string of the molecule is CCCCCCCCOc1ccc(-c2ncc(OC(=O)CCCCC(C)CC)cn2)cc1. The number of nitrogens with zero attached hydrogens (tertiary/aromatic N) is 2. The number of carbonyl (C=O) groups excluding carboxylic acids is 1. The van der Waals surface area contributed by atoms with Gasteiger partial charge in [0.05, 0.1) is 19.0 Å². The lowest BCUT2D eigenvalue weighted by Gasteiger charge is -2.08. The quantitative estimate of drug-likeness (QED) is 0.201. The first-order chi connectivity index (χ1) is 15.6. The van der Waals surface area contributed by atoms with Crippen molar-refractivity contribution in [1.82, 2.24) is 9.97 Å². The van der Waals surface area contributed by atoms with Crippen molar-refractivity contribution >= 4 is 5.97 Å². The molecule has 5 heteroatoms. The van der Waals surface area contributed by atoms with Gasteiger partial charge in [0.15, 0.2) is 11.6 Å². The maximum atomic E-state index is 12.0. The normalized spacial score (nSPS) is 11.8. The Morgan fingerprint density at radius 2 is 1.56 bits per heavy atom. The first kappa shape index (κ1) is 25.8. The number of ether oxygens (including phenoxy) is 2. The van der Waals surface area contributed by atoms with E-state index >= 15 is 0 Å². The van der Waals surface area contributed by atoms with Crippen LogP contribution in [-0.4, -0.2) is 22.5 Å². The summed E-state index contributed by atoms with van der Waals surface area (Å²) in [6.45, 7) is 7.42. The zero-order valence-corrected chi connectivity index (χ0v) is 20.1. The molecule has 176 valence electrons. The highest BCUT2D eigenvalue weighted by Gasteiger charge is 2.08. The molecule has 0 saturated heterocycles. The molecule has 0 aliphatic rings. The molecular weight excluding hydrogens is 400 g/mol. The van der Waals surface area contributed by atoms with E-state index in [9.17, 15) is 4.79 Å². The Balaban J connectivity index is 1.71. The van der Waals surface area contributed by atoms with E-state index < -0.39 is 0 Å². The van der Waals surface area contributed by atoms with E-state index in [-0.39, 0.29) is 5.97 Å². The van der Waals surface area contributed by atoms with Crippen LogP contribution in [0, 0.1) is 5.92 Å². The number of carbonyl (C=O) groups is 1. The average molecular weight is 441 g/mol. The van der Waals surface area contributed by atoms with Gasteiger partial charge in [-0.05, 0) is 43.0 Å². The monoisotopic (exact) mass is 440 g/mol. The molecule has 0 radical (unpaired) electrons. The van der Waals surface area contributed by atoms with Gasteiger partial charge in [-0.25, -0.2) is 9.97 Å². The van der Waals surface area contributed by atoms with Crippen molar-refractivity contribution in [2.24, 2.45) is 5.92 Å². The van der Waals surface area contributed by atoms with Crippen LogP contribution in [0.1, 0.15) is 91.4 Å². The van der Waals surface area contributed by atoms with E-state index in [1.165, 1.54) is 38.5 Å². The van der Waals surface area contributed by atoms with Crippen LogP contribution in [0.5, 0.6) is 11.5 Å². The van der Waals surface area contributed by atoms with Crippen molar-refractivity contribution < 1.29 is 14.3 Å². The van der Waals surface area contributed by atoms with E-state index in [1.54, 1.807) is 12.4 Å². The molecule has 1 aromatic carbocycles. The Kier molecular flexibility index (Phi) is 12.4. The highest BCUT2D eigenvalue weighted by atomic mass is 16.5. The van der Waals surface area contributed by atoms with Gasteiger partial charge >= 0.3 is 5.97 Å². The standard InChI is InChI=1S/C27H40N2O3/c1-4-6-7-8-9-12-19-31-24-17-15-23(16-18-24)27-28-20-25(21-29-27)32-26(30)14-11-10-13-22(3)5-2/h15-18,20-22H,4-14,19H2,1-3H3. The minimum absolute atomic E-state index is 0.225. The van der Waals surface area contributed by atoms with Gasteiger partial charge in [0.2, 0.25) is 0 Å². The number of unbranched alkanes of at least 4 members (excludes halogenated alkanes) is 6. The molecule has 0 aliphatic heterocycles. The zero-order chi connectivity index (χ0) is 23.0. The van der Waals surface area contributed by atoms with Crippen LogP contribution in [0.4, 0.5) is 0 Å². The van der Waals surface area contributed by atoms with Crippen molar-refractivity contribution in [2.45, 2.75) is 91.4 Å². The fraction of sp³-hybridized carbons (Fsp3) is 0.593. The topological polar surface area (TPSA) is 61.3 Å². The highest BCUT2D eigenvalue weighted by molar-refractivity contribution is 5.72. The van der Waals surface area contributed by atoms with Gasteiger partial charge in [0, 0.05) is 12.0 Å². The number of esters is 1. The number of hydrogen-bond donors (Lipinski definition) is 0. The van der Waals surface area contributed by atoms with Crippen LogP contribution in [-0.2, 0) is 4.79 Å². The number of rotatable bonds is 16. The predicted molar refractivity (Wildman–Crippen MR) is 130 cm³/mol. The van der Waals surface area contributed by atoms with Crippen molar-refractivity contribution in [3.8, 4) is 22.9 Å². The van der Waals surface area contributed by atoms with Crippen LogP contribution >= 0.6 is 0 Å². The van der Waals surface area contributed by atoms with Crippen molar-refractivity contribution in [3.63, 3.8) is 0 Å². The van der Waals surface area contributed by atoms with E-state index in [0.29, 0.717) is 23.9 Å². The Morgan fingerprint density at radius 1 is 0.875 bits per heavy atom. The predicted octanol–water partition coefficient (Wildman–Crippen LogP) is 7.39. The lowest BCUT2D eigenvalue weighted by atomic mass is 10.0. The smallest absolute Gasteiger partial charge is 0.311 e. The third-order valence-electron chi connectivity index (χ3n) is 5.76. The Hall–Kier alpha value is -2.43. The summed E-state index contributed by atoms with van der Waals surface area (Å²) in [5.74, 6) is 2.34. The zero-order valence-electron chi connectivity index (χ0n) is 20.1. The van der Waals surface area contributed by atoms with Gasteiger partial charge in [0.25, 0.3) is 0 Å². The maximum absolute atomic E-state index is 12.0. The molecule has 1 aromatic heterocycles. The van der Waals surface area contributed by atoms with Crippen LogP contribution in [0.2, 0.25) is 0 Å². The van der Waals surface area contributed by atoms with E-state index in [0.717, 1.165) is 43.6 Å². The molecule has 0 spiro atoms. The Labute approximate surface area is 194 Å².